The van der Waals surface area contributed by atoms with Crippen LogP contribution in [0, 0.1) is 0 Å². The molecule has 6 rings (SSSR count). The van der Waals surface area contributed by atoms with Crippen molar-refractivity contribution in [3.8, 4) is 23.0 Å². The normalized spacial score (nSPS) is 14.1. The summed E-state index contributed by atoms with van der Waals surface area (Å²) in [5.41, 5.74) is 3.33. The highest BCUT2D eigenvalue weighted by Crippen LogP contribution is 2.40. The van der Waals surface area contributed by atoms with Crippen molar-refractivity contribution in [2.45, 2.75) is 45.1 Å². The lowest BCUT2D eigenvalue weighted by atomic mass is 9.86. The van der Waals surface area contributed by atoms with Gasteiger partial charge in [-0.05, 0) is 86.4 Å². The standard InChI is InChI=1S/C42H49N7O6S/c1-42(2,3)26-22-34(39(54-6)35(23-26)48-56(7)52)47-41(51)46-33-14-15-36(31-11-9-8-10-30(31)33)55-29-16-19-43-38(25-29)44-28-12-13-32(37(24-28)53-5)40(50)45-27-17-20-49(4)21-18-27/h8-16,19,22-25,27,48H,17-18,20-21H2,1-7H3,(H,43,44)(H,45,50)(H2,46,47,51). The van der Waals surface area contributed by atoms with E-state index >= 15 is 0 Å². The minimum absolute atomic E-state index is 0.135. The molecule has 1 aliphatic heterocycles. The Kier molecular flexibility index (Phi) is 12.3. The van der Waals surface area contributed by atoms with Gasteiger partial charge >= 0.3 is 6.03 Å². The third-order valence-electron chi connectivity index (χ3n) is 9.52. The average molecular weight is 780 g/mol. The molecule has 1 aliphatic rings. The minimum Gasteiger partial charge on any atom is -0.496 e. The Labute approximate surface area is 330 Å². The predicted molar refractivity (Wildman–Crippen MR) is 225 cm³/mol. The largest absolute Gasteiger partial charge is 0.496 e. The summed E-state index contributed by atoms with van der Waals surface area (Å²) < 4.78 is 32.6. The van der Waals surface area contributed by atoms with E-state index in [1.807, 2.05) is 42.5 Å². The molecule has 0 saturated carbocycles. The van der Waals surface area contributed by atoms with Crippen molar-refractivity contribution in [1.29, 1.82) is 0 Å². The number of carbonyl (C=O) groups excluding carboxylic acids is 2. The van der Waals surface area contributed by atoms with E-state index in [1.54, 1.807) is 49.7 Å². The summed E-state index contributed by atoms with van der Waals surface area (Å²) in [6.45, 7) is 8.07. The number of rotatable bonds is 12. The molecule has 1 atom stereocenters. The molecule has 3 amide bonds. The molecule has 5 N–H and O–H groups in total. The molecule has 0 aliphatic carbocycles. The zero-order valence-electron chi connectivity index (χ0n) is 32.7. The van der Waals surface area contributed by atoms with Crippen molar-refractivity contribution < 1.29 is 28.0 Å². The fourth-order valence-corrected chi connectivity index (χ4v) is 7.00. The smallest absolute Gasteiger partial charge is 0.323 e. The van der Waals surface area contributed by atoms with Crippen LogP contribution in [0.15, 0.2) is 85.1 Å². The number of methoxy groups -OCH3 is 2. The first kappa shape index (κ1) is 39.8. The molecule has 5 aromatic rings. The Morgan fingerprint density at radius 3 is 2.25 bits per heavy atom. The van der Waals surface area contributed by atoms with Crippen molar-refractivity contribution in [2.24, 2.45) is 0 Å². The highest BCUT2D eigenvalue weighted by atomic mass is 32.2. The number of aromatic nitrogens is 1. The molecule has 56 heavy (non-hydrogen) atoms. The van der Waals surface area contributed by atoms with Gasteiger partial charge in [0.2, 0.25) is 0 Å². The number of nitrogens with one attached hydrogen (secondary N) is 5. The highest BCUT2D eigenvalue weighted by Gasteiger charge is 2.23. The molecule has 1 saturated heterocycles. The van der Waals surface area contributed by atoms with Crippen molar-refractivity contribution in [2.75, 3.05) is 61.3 Å². The minimum atomic E-state index is -1.36. The number of nitrogens with zero attached hydrogens (tertiary/aromatic N) is 2. The van der Waals surface area contributed by atoms with Crippen LogP contribution in [0.4, 0.5) is 33.4 Å². The third-order valence-corrected chi connectivity index (χ3v) is 10.0. The van der Waals surface area contributed by atoms with Crippen molar-refractivity contribution in [1.82, 2.24) is 15.2 Å². The van der Waals surface area contributed by atoms with Crippen molar-refractivity contribution >= 4 is 62.3 Å². The van der Waals surface area contributed by atoms with Gasteiger partial charge in [-0.15, -0.1) is 0 Å². The molecule has 0 bridgehead atoms. The SMILES string of the molecule is COc1cc(Nc2cc(Oc3ccc(NC(=O)Nc4cc(C(C)(C)C)cc(NS(C)=O)c4OC)c4ccccc34)ccn2)ccc1C(=O)NC1CCN(C)CC1. The molecule has 4 aromatic carbocycles. The second kappa shape index (κ2) is 17.3. The first-order chi connectivity index (χ1) is 26.8. The zero-order valence-corrected chi connectivity index (χ0v) is 33.6. The van der Waals surface area contributed by atoms with Crippen LogP contribution in [0.3, 0.4) is 0 Å². The molecule has 1 unspecified atom stereocenters. The Morgan fingerprint density at radius 2 is 1.55 bits per heavy atom. The molecule has 1 fully saturated rings. The van der Waals surface area contributed by atoms with E-state index in [9.17, 15) is 13.8 Å². The molecule has 2 heterocycles. The summed E-state index contributed by atoms with van der Waals surface area (Å²) in [6.07, 6.45) is 5.00. The predicted octanol–water partition coefficient (Wildman–Crippen LogP) is 8.26. The maximum atomic E-state index is 13.5. The maximum absolute atomic E-state index is 13.5. The van der Waals surface area contributed by atoms with Gasteiger partial charge in [0.1, 0.15) is 34.1 Å². The lowest BCUT2D eigenvalue weighted by molar-refractivity contribution is 0.0913. The Bertz CT molecular complexity index is 2250. The Hall–Kier alpha value is -5.86. The first-order valence-electron chi connectivity index (χ1n) is 18.3. The molecular formula is C42H49N7O6S. The fraction of sp³-hybridized carbons (Fsp3) is 0.310. The number of urea groups is 1. The second-order valence-electron chi connectivity index (χ2n) is 14.7. The molecule has 0 spiro atoms. The van der Waals surface area contributed by atoms with Gasteiger partial charge in [0.15, 0.2) is 5.75 Å². The number of benzene rings is 4. The van der Waals surface area contributed by atoms with Gasteiger partial charge in [-0.2, -0.15) is 0 Å². The van der Waals surface area contributed by atoms with Crippen LogP contribution in [0.1, 0.15) is 49.5 Å². The Balaban J connectivity index is 1.17. The summed E-state index contributed by atoms with van der Waals surface area (Å²) in [5, 5.41) is 13.9. The van der Waals surface area contributed by atoms with Gasteiger partial charge in [0, 0.05) is 47.1 Å². The number of pyridine rings is 1. The van der Waals surface area contributed by atoms with Gasteiger partial charge in [-0.25, -0.2) is 14.0 Å². The van der Waals surface area contributed by atoms with E-state index in [0.717, 1.165) is 42.3 Å². The van der Waals surface area contributed by atoms with Crippen LogP contribution in [0.2, 0.25) is 0 Å². The van der Waals surface area contributed by atoms with Gasteiger partial charge in [0.05, 0.1) is 36.8 Å². The van der Waals surface area contributed by atoms with Crippen LogP contribution in [-0.4, -0.2) is 72.7 Å². The van der Waals surface area contributed by atoms with Gasteiger partial charge in [-0.1, -0.05) is 45.0 Å². The average Bonchev–Trinajstić information content (AvgIpc) is 3.16. The number of piperidine rings is 1. The van der Waals surface area contributed by atoms with E-state index < -0.39 is 17.0 Å². The van der Waals surface area contributed by atoms with E-state index in [0.29, 0.717) is 57.1 Å². The van der Waals surface area contributed by atoms with E-state index in [1.165, 1.54) is 13.4 Å². The van der Waals surface area contributed by atoms with E-state index in [-0.39, 0.29) is 17.4 Å². The third kappa shape index (κ3) is 9.68. The zero-order chi connectivity index (χ0) is 40.0. The van der Waals surface area contributed by atoms with Crippen molar-refractivity contribution in [3.05, 3.63) is 96.2 Å². The molecular weight excluding hydrogens is 731 g/mol. The van der Waals surface area contributed by atoms with Crippen LogP contribution in [-0.2, 0) is 16.4 Å². The first-order valence-corrected chi connectivity index (χ1v) is 19.9. The van der Waals surface area contributed by atoms with Crippen LogP contribution >= 0.6 is 0 Å². The highest BCUT2D eigenvalue weighted by molar-refractivity contribution is 7.85. The maximum Gasteiger partial charge on any atom is 0.323 e. The summed E-state index contributed by atoms with van der Waals surface area (Å²) in [6, 6.07) is 23.5. The monoisotopic (exact) mass is 779 g/mol. The summed E-state index contributed by atoms with van der Waals surface area (Å²) >= 11 is 0. The molecule has 0 radical (unpaired) electrons. The number of hydrogen-bond acceptors (Lipinski definition) is 9. The van der Waals surface area contributed by atoms with Gasteiger partial charge in [-0.3, -0.25) is 4.79 Å². The number of likely N-dealkylation sites (tertiary alicyclic amines) is 1. The topological polar surface area (TPSA) is 155 Å². The number of anilines is 5. The number of hydrogen-bond donors (Lipinski definition) is 5. The van der Waals surface area contributed by atoms with Crippen LogP contribution in [0.5, 0.6) is 23.0 Å². The van der Waals surface area contributed by atoms with Crippen LogP contribution in [0.25, 0.3) is 10.8 Å². The lowest BCUT2D eigenvalue weighted by Gasteiger charge is -2.29. The lowest BCUT2D eigenvalue weighted by Crippen LogP contribution is -2.43. The van der Waals surface area contributed by atoms with E-state index in [4.69, 9.17) is 14.2 Å². The molecule has 294 valence electrons. The molecule has 1 aromatic heterocycles. The summed E-state index contributed by atoms with van der Waals surface area (Å²) in [4.78, 5) is 33.3. The molecule has 13 nitrogen and oxygen atoms in total. The van der Waals surface area contributed by atoms with E-state index in [2.05, 4.69) is 63.7 Å². The van der Waals surface area contributed by atoms with Gasteiger partial charge < -0.3 is 45.1 Å². The number of carbonyl (C=O) groups is 2. The summed E-state index contributed by atoms with van der Waals surface area (Å²) in [7, 11) is 3.78. The number of fused-ring (bicyclic) bond motifs is 1. The number of amides is 3. The van der Waals surface area contributed by atoms with Crippen molar-refractivity contribution in [3.63, 3.8) is 0 Å². The Morgan fingerprint density at radius 1 is 0.839 bits per heavy atom. The number of ether oxygens (including phenoxy) is 3. The van der Waals surface area contributed by atoms with Crippen LogP contribution < -0.4 is 40.2 Å². The molecule has 14 heteroatoms. The second-order valence-corrected chi connectivity index (χ2v) is 15.8. The van der Waals surface area contributed by atoms with Gasteiger partial charge in [0.25, 0.3) is 5.91 Å². The quantitative estimate of drug-likeness (QED) is 0.0842. The summed E-state index contributed by atoms with van der Waals surface area (Å²) in [5.74, 6) is 2.31. The fourth-order valence-electron chi connectivity index (χ4n) is 6.54.